The lowest BCUT2D eigenvalue weighted by Crippen LogP contribution is -2.25. The van der Waals surface area contributed by atoms with Gasteiger partial charge in [0.1, 0.15) is 0 Å². The van der Waals surface area contributed by atoms with Crippen molar-refractivity contribution in [3.8, 4) is 0 Å². The van der Waals surface area contributed by atoms with Crippen molar-refractivity contribution in [3.05, 3.63) is 47.5 Å². The summed E-state index contributed by atoms with van der Waals surface area (Å²) in [5.41, 5.74) is 1.37. The lowest BCUT2D eigenvalue weighted by atomic mass is 10.0. The van der Waals surface area contributed by atoms with Crippen LogP contribution in [0.4, 0.5) is 0 Å². The molecule has 1 atom stereocenters. The molecule has 3 nitrogen and oxygen atoms in total. The Morgan fingerprint density at radius 2 is 2.33 bits per heavy atom. The largest absolute Gasteiger partial charge is 0.337 e. The lowest BCUT2D eigenvalue weighted by Gasteiger charge is -2.26. The Hall–Kier alpha value is -0.970. The zero-order valence-electron chi connectivity index (χ0n) is 12.0. The first-order valence-electron chi connectivity index (χ1n) is 7.44. The van der Waals surface area contributed by atoms with Crippen molar-refractivity contribution in [2.24, 2.45) is 0 Å². The van der Waals surface area contributed by atoms with Crippen LogP contribution >= 0.6 is 23.4 Å². The van der Waals surface area contributed by atoms with Crippen LogP contribution in [0.2, 0.25) is 5.02 Å². The number of hydrogen-bond acceptors (Lipinski definition) is 3. The van der Waals surface area contributed by atoms with Crippen LogP contribution in [-0.2, 0) is 6.54 Å². The molecule has 0 spiro atoms. The molecule has 112 valence electrons. The van der Waals surface area contributed by atoms with E-state index in [1.54, 1.807) is 0 Å². The third kappa shape index (κ3) is 4.02. The Kier molecular flexibility index (Phi) is 5.22. The molecular formula is C16H20ClN3S. The van der Waals surface area contributed by atoms with E-state index in [4.69, 9.17) is 11.6 Å². The molecule has 0 aliphatic carbocycles. The van der Waals surface area contributed by atoms with Crippen molar-refractivity contribution in [3.63, 3.8) is 0 Å². The summed E-state index contributed by atoms with van der Waals surface area (Å²) in [6, 6.07) is 6.70. The number of thioether (sulfide) groups is 1. The molecule has 0 radical (unpaired) electrons. The van der Waals surface area contributed by atoms with Crippen LogP contribution in [-0.4, -0.2) is 21.8 Å². The van der Waals surface area contributed by atoms with Crippen LogP contribution in [0.15, 0.2) is 41.8 Å². The summed E-state index contributed by atoms with van der Waals surface area (Å²) in [6.07, 6.45) is 9.26. The Bertz CT molecular complexity index is 571. The van der Waals surface area contributed by atoms with Gasteiger partial charge in [-0.15, -0.1) is 11.8 Å². The monoisotopic (exact) mass is 321 g/mol. The first-order valence-corrected chi connectivity index (χ1v) is 8.80. The topological polar surface area (TPSA) is 29.9 Å². The minimum Gasteiger partial charge on any atom is -0.337 e. The van der Waals surface area contributed by atoms with Gasteiger partial charge in [-0.1, -0.05) is 11.6 Å². The van der Waals surface area contributed by atoms with Crippen LogP contribution in [0.5, 0.6) is 0 Å². The van der Waals surface area contributed by atoms with E-state index in [1.807, 2.05) is 36.5 Å². The molecule has 1 aliphatic heterocycles. The van der Waals surface area contributed by atoms with E-state index in [-0.39, 0.29) is 0 Å². The average molecular weight is 322 g/mol. The lowest BCUT2D eigenvalue weighted by molar-refractivity contribution is 0.484. The maximum Gasteiger partial charge on any atom is 0.0945 e. The van der Waals surface area contributed by atoms with Crippen molar-refractivity contribution in [2.45, 2.75) is 36.7 Å². The number of unbranched alkanes of at least 4 members (excludes halogenated alkanes) is 1. The Balaban J connectivity index is 1.47. The molecule has 1 aromatic heterocycles. The van der Waals surface area contributed by atoms with Crippen molar-refractivity contribution in [1.29, 1.82) is 0 Å². The highest BCUT2D eigenvalue weighted by molar-refractivity contribution is 7.99. The molecule has 1 N–H and O–H groups in total. The van der Waals surface area contributed by atoms with Gasteiger partial charge in [0.25, 0.3) is 0 Å². The number of aromatic nitrogens is 2. The molecule has 1 unspecified atom stereocenters. The van der Waals surface area contributed by atoms with Gasteiger partial charge in [-0.2, -0.15) is 0 Å². The van der Waals surface area contributed by atoms with E-state index >= 15 is 0 Å². The highest BCUT2D eigenvalue weighted by Crippen LogP contribution is 2.37. The van der Waals surface area contributed by atoms with Gasteiger partial charge in [0.2, 0.25) is 0 Å². The second-order valence-corrected chi connectivity index (χ2v) is 6.91. The number of benzene rings is 1. The van der Waals surface area contributed by atoms with E-state index in [0.717, 1.165) is 18.1 Å². The number of imidazole rings is 1. The van der Waals surface area contributed by atoms with Gasteiger partial charge < -0.3 is 9.88 Å². The van der Waals surface area contributed by atoms with Crippen LogP contribution in [0.25, 0.3) is 0 Å². The summed E-state index contributed by atoms with van der Waals surface area (Å²) < 4.78 is 2.13. The smallest absolute Gasteiger partial charge is 0.0945 e. The van der Waals surface area contributed by atoms with E-state index in [0.29, 0.717) is 6.04 Å². The number of rotatable bonds is 6. The second kappa shape index (κ2) is 7.34. The van der Waals surface area contributed by atoms with Crippen molar-refractivity contribution >= 4 is 23.4 Å². The predicted molar refractivity (Wildman–Crippen MR) is 89.0 cm³/mol. The van der Waals surface area contributed by atoms with Gasteiger partial charge in [0.05, 0.1) is 6.33 Å². The van der Waals surface area contributed by atoms with Gasteiger partial charge in [-0.25, -0.2) is 4.98 Å². The van der Waals surface area contributed by atoms with Crippen LogP contribution in [0.3, 0.4) is 0 Å². The number of fused-ring (bicyclic) bond motifs is 1. The summed E-state index contributed by atoms with van der Waals surface area (Å²) in [4.78, 5) is 5.44. The van der Waals surface area contributed by atoms with Crippen molar-refractivity contribution < 1.29 is 0 Å². The molecule has 2 aromatic rings. The normalized spacial score (nSPS) is 17.7. The summed E-state index contributed by atoms with van der Waals surface area (Å²) in [7, 11) is 0. The summed E-state index contributed by atoms with van der Waals surface area (Å²) in [6.45, 7) is 2.10. The van der Waals surface area contributed by atoms with E-state index in [9.17, 15) is 0 Å². The van der Waals surface area contributed by atoms with Gasteiger partial charge in [-0.05, 0) is 55.3 Å². The number of aryl methyl sites for hydroxylation is 1. The minimum absolute atomic E-state index is 0.452. The quantitative estimate of drug-likeness (QED) is 0.811. The molecule has 0 fully saturated rings. The average Bonchev–Trinajstić information content (AvgIpc) is 3.00. The fraction of sp³-hybridized carbons (Fsp3) is 0.438. The first-order chi connectivity index (χ1) is 10.3. The molecule has 2 heterocycles. The van der Waals surface area contributed by atoms with E-state index < -0.39 is 0 Å². The third-order valence-corrected chi connectivity index (χ3v) is 5.16. The first kappa shape index (κ1) is 14.9. The van der Waals surface area contributed by atoms with Crippen LogP contribution in [0.1, 0.15) is 30.9 Å². The highest BCUT2D eigenvalue weighted by atomic mass is 35.5. The fourth-order valence-corrected chi connectivity index (χ4v) is 3.98. The van der Waals surface area contributed by atoms with Crippen LogP contribution < -0.4 is 5.32 Å². The summed E-state index contributed by atoms with van der Waals surface area (Å²) in [5.74, 6) is 1.18. The standard InChI is InChI=1S/C16H20ClN3S/c17-13-3-4-16-14(11-13)15(5-10-21-16)19-6-1-2-8-20-9-7-18-12-20/h3-4,7,9,11-12,15,19H,1-2,5-6,8,10H2. The van der Waals surface area contributed by atoms with Gasteiger partial charge in [0, 0.05) is 34.9 Å². The number of nitrogens with zero attached hydrogens (tertiary/aromatic N) is 2. The maximum absolute atomic E-state index is 6.14. The zero-order chi connectivity index (χ0) is 14.5. The molecule has 1 aromatic carbocycles. The molecule has 0 saturated heterocycles. The van der Waals surface area contributed by atoms with Crippen molar-refractivity contribution in [2.75, 3.05) is 12.3 Å². The maximum atomic E-state index is 6.14. The molecule has 0 amide bonds. The number of halogens is 1. The second-order valence-electron chi connectivity index (χ2n) is 5.33. The molecule has 3 rings (SSSR count). The van der Waals surface area contributed by atoms with Gasteiger partial charge in [0.15, 0.2) is 0 Å². The molecular weight excluding hydrogens is 302 g/mol. The third-order valence-electron chi connectivity index (χ3n) is 3.80. The molecule has 1 aliphatic rings. The number of hydrogen-bond donors (Lipinski definition) is 1. The zero-order valence-corrected chi connectivity index (χ0v) is 13.5. The van der Waals surface area contributed by atoms with E-state index in [2.05, 4.69) is 27.0 Å². The van der Waals surface area contributed by atoms with E-state index in [1.165, 1.54) is 35.5 Å². The van der Waals surface area contributed by atoms with Crippen molar-refractivity contribution in [1.82, 2.24) is 14.9 Å². The summed E-state index contributed by atoms with van der Waals surface area (Å²) in [5, 5.41) is 4.52. The summed E-state index contributed by atoms with van der Waals surface area (Å²) >= 11 is 8.07. The minimum atomic E-state index is 0.452. The fourth-order valence-electron chi connectivity index (χ4n) is 2.69. The molecule has 5 heteroatoms. The van der Waals surface area contributed by atoms with Crippen LogP contribution in [0, 0.1) is 0 Å². The molecule has 0 bridgehead atoms. The number of nitrogens with one attached hydrogen (secondary N) is 1. The molecule has 0 saturated carbocycles. The molecule has 21 heavy (non-hydrogen) atoms. The Labute approximate surface area is 135 Å². The Morgan fingerprint density at radius 3 is 3.19 bits per heavy atom. The Morgan fingerprint density at radius 1 is 1.38 bits per heavy atom. The highest BCUT2D eigenvalue weighted by Gasteiger charge is 2.20. The van der Waals surface area contributed by atoms with Gasteiger partial charge >= 0.3 is 0 Å². The SMILES string of the molecule is Clc1ccc2c(c1)C(NCCCCn1ccnc1)CCS2. The van der Waals surface area contributed by atoms with Gasteiger partial charge in [-0.3, -0.25) is 0 Å². The predicted octanol–water partition coefficient (Wildman–Crippen LogP) is 4.14.